The molecule has 1 fully saturated rings. The number of carbonyl (C=O) groups is 1. The van der Waals surface area contributed by atoms with Crippen LogP contribution in [0.5, 0.6) is 0 Å². The lowest BCUT2D eigenvalue weighted by Gasteiger charge is -2.31. The Labute approximate surface area is 130 Å². The number of thiazole rings is 1. The minimum Gasteiger partial charge on any atom is -0.481 e. The molecular formula is C16H24N2O2S. The number of anilines is 1. The first-order valence-electron chi connectivity index (χ1n) is 8.02. The zero-order valence-electron chi connectivity index (χ0n) is 12.8. The molecular weight excluding hydrogens is 284 g/mol. The molecule has 0 radical (unpaired) electrons. The van der Waals surface area contributed by atoms with Crippen molar-refractivity contribution >= 4 is 22.4 Å². The lowest BCUT2D eigenvalue weighted by molar-refractivity contribution is -0.139. The van der Waals surface area contributed by atoms with Gasteiger partial charge in [0.1, 0.15) is 5.92 Å². The molecule has 4 nitrogen and oxygen atoms in total. The number of hydrogen-bond donors (Lipinski definition) is 2. The zero-order valence-corrected chi connectivity index (χ0v) is 13.6. The van der Waals surface area contributed by atoms with Gasteiger partial charge in [0.05, 0.1) is 5.69 Å². The largest absolute Gasteiger partial charge is 0.481 e. The molecule has 1 saturated carbocycles. The zero-order chi connectivity index (χ0) is 15.0. The molecule has 5 heteroatoms. The van der Waals surface area contributed by atoms with Gasteiger partial charge in [0, 0.05) is 10.9 Å². The van der Waals surface area contributed by atoms with Crippen LogP contribution in [0, 0.1) is 11.8 Å². The topological polar surface area (TPSA) is 62.2 Å². The van der Waals surface area contributed by atoms with Crippen LogP contribution in [0.4, 0.5) is 5.13 Å². The summed E-state index contributed by atoms with van der Waals surface area (Å²) in [7, 11) is 0. The molecule has 21 heavy (non-hydrogen) atoms. The Kier molecular flexibility index (Phi) is 4.20. The summed E-state index contributed by atoms with van der Waals surface area (Å²) < 4.78 is 0. The minimum atomic E-state index is -0.729. The van der Waals surface area contributed by atoms with E-state index in [1.807, 2.05) is 0 Å². The molecule has 0 bridgehead atoms. The maximum Gasteiger partial charge on any atom is 0.312 e. The summed E-state index contributed by atoms with van der Waals surface area (Å²) in [4.78, 5) is 17.1. The Bertz CT molecular complexity index is 518. The lowest BCUT2D eigenvalue weighted by Crippen LogP contribution is -2.30. The van der Waals surface area contributed by atoms with Crippen LogP contribution in [0.1, 0.15) is 62.4 Å². The smallest absolute Gasteiger partial charge is 0.312 e. The Hall–Kier alpha value is -1.10. The second kappa shape index (κ2) is 5.95. The van der Waals surface area contributed by atoms with E-state index in [1.54, 1.807) is 11.3 Å². The Morgan fingerprint density at radius 1 is 1.29 bits per heavy atom. The van der Waals surface area contributed by atoms with Crippen molar-refractivity contribution < 1.29 is 9.90 Å². The number of carboxylic acid groups (broad SMARTS) is 1. The highest BCUT2D eigenvalue weighted by Crippen LogP contribution is 2.38. The molecule has 0 aromatic carbocycles. The van der Waals surface area contributed by atoms with E-state index in [-0.39, 0.29) is 0 Å². The van der Waals surface area contributed by atoms with Crippen molar-refractivity contribution in [3.63, 3.8) is 0 Å². The van der Waals surface area contributed by atoms with Gasteiger partial charge in [0.15, 0.2) is 5.13 Å². The first kappa shape index (κ1) is 14.8. The van der Waals surface area contributed by atoms with Crippen LogP contribution in [0.2, 0.25) is 0 Å². The highest BCUT2D eigenvalue weighted by molar-refractivity contribution is 7.15. The maximum atomic E-state index is 11.3. The number of nitrogens with one attached hydrogen (secondary N) is 1. The van der Waals surface area contributed by atoms with Crippen LogP contribution in [0.25, 0.3) is 0 Å². The number of rotatable bonds is 3. The fourth-order valence-corrected chi connectivity index (χ4v) is 5.10. The highest BCUT2D eigenvalue weighted by Gasteiger charge is 2.31. The number of aryl methyl sites for hydroxylation is 1. The van der Waals surface area contributed by atoms with Crippen molar-refractivity contribution in [3.05, 3.63) is 10.6 Å². The molecule has 3 rings (SSSR count). The maximum absolute atomic E-state index is 11.3. The van der Waals surface area contributed by atoms with Crippen LogP contribution in [-0.2, 0) is 11.2 Å². The van der Waals surface area contributed by atoms with Crippen LogP contribution in [-0.4, -0.2) is 22.1 Å². The second-order valence-electron chi connectivity index (χ2n) is 6.87. The van der Waals surface area contributed by atoms with Gasteiger partial charge < -0.3 is 10.4 Å². The first-order chi connectivity index (χ1) is 10.0. The molecule has 1 aromatic heterocycles. The van der Waals surface area contributed by atoms with Gasteiger partial charge in [-0.1, -0.05) is 13.8 Å². The third kappa shape index (κ3) is 3.23. The van der Waals surface area contributed by atoms with Gasteiger partial charge in [-0.25, -0.2) is 4.98 Å². The summed E-state index contributed by atoms with van der Waals surface area (Å²) in [5, 5.41) is 13.8. The van der Waals surface area contributed by atoms with Crippen molar-refractivity contribution in [1.82, 2.24) is 4.98 Å². The molecule has 0 amide bonds. The molecule has 2 aliphatic carbocycles. The van der Waals surface area contributed by atoms with Crippen molar-refractivity contribution in [2.75, 3.05) is 5.32 Å². The van der Waals surface area contributed by atoms with Gasteiger partial charge in [-0.05, 0) is 50.4 Å². The molecule has 2 aliphatic rings. The number of fused-ring (bicyclic) bond motifs is 1. The van der Waals surface area contributed by atoms with E-state index in [2.05, 4.69) is 24.1 Å². The predicted molar refractivity (Wildman–Crippen MR) is 85.0 cm³/mol. The van der Waals surface area contributed by atoms with E-state index in [0.717, 1.165) is 41.9 Å². The second-order valence-corrected chi connectivity index (χ2v) is 7.95. The monoisotopic (exact) mass is 308 g/mol. The van der Waals surface area contributed by atoms with Gasteiger partial charge in [-0.15, -0.1) is 11.3 Å². The first-order valence-corrected chi connectivity index (χ1v) is 8.83. The van der Waals surface area contributed by atoms with Crippen LogP contribution >= 0.6 is 11.3 Å². The standard InChI is InChI=1S/C16H24N2O2S/c1-9-6-10(2)8-11(7-9)17-16-18-14-12(15(19)20)4-3-5-13(14)21-16/h9-12H,3-8H2,1-2H3,(H,17,18)(H,19,20). The molecule has 0 spiro atoms. The third-order valence-corrected chi connectivity index (χ3v) is 5.82. The summed E-state index contributed by atoms with van der Waals surface area (Å²) in [5.41, 5.74) is 0.818. The quantitative estimate of drug-likeness (QED) is 0.889. The van der Waals surface area contributed by atoms with Gasteiger partial charge >= 0.3 is 5.97 Å². The molecule has 1 heterocycles. The SMILES string of the molecule is CC1CC(C)CC(Nc2nc3c(s2)CCCC3C(=O)O)C1. The fourth-order valence-electron chi connectivity index (χ4n) is 3.96. The Morgan fingerprint density at radius 2 is 2.00 bits per heavy atom. The summed E-state index contributed by atoms with van der Waals surface area (Å²) in [6.45, 7) is 4.63. The van der Waals surface area contributed by atoms with E-state index in [4.69, 9.17) is 0 Å². The molecule has 3 unspecified atom stereocenters. The van der Waals surface area contributed by atoms with E-state index in [9.17, 15) is 9.90 Å². The van der Waals surface area contributed by atoms with Crippen LogP contribution in [0.15, 0.2) is 0 Å². The molecule has 0 aliphatic heterocycles. The van der Waals surface area contributed by atoms with Crippen LogP contribution in [0.3, 0.4) is 0 Å². The summed E-state index contributed by atoms with van der Waals surface area (Å²) >= 11 is 1.67. The number of nitrogens with zero attached hydrogens (tertiary/aromatic N) is 1. The van der Waals surface area contributed by atoms with Gasteiger partial charge in [-0.2, -0.15) is 0 Å². The number of carboxylic acids is 1. The normalized spacial score (nSPS) is 32.5. The van der Waals surface area contributed by atoms with E-state index in [1.165, 1.54) is 24.1 Å². The highest BCUT2D eigenvalue weighted by atomic mass is 32.1. The predicted octanol–water partition coefficient (Wildman–Crippen LogP) is 3.88. The summed E-state index contributed by atoms with van der Waals surface area (Å²) in [6, 6.07) is 0.486. The van der Waals surface area contributed by atoms with Crippen molar-refractivity contribution in [2.24, 2.45) is 11.8 Å². The third-order valence-electron chi connectivity index (χ3n) is 4.76. The molecule has 3 atom stereocenters. The molecule has 1 aromatic rings. The summed E-state index contributed by atoms with van der Waals surface area (Å²) in [5.74, 6) is 0.387. The van der Waals surface area contributed by atoms with E-state index >= 15 is 0 Å². The van der Waals surface area contributed by atoms with Gasteiger partial charge in [0.2, 0.25) is 0 Å². The van der Waals surface area contributed by atoms with E-state index in [0.29, 0.717) is 6.04 Å². The Morgan fingerprint density at radius 3 is 2.67 bits per heavy atom. The molecule has 2 N–H and O–H groups in total. The summed E-state index contributed by atoms with van der Waals surface area (Å²) in [6.07, 6.45) is 6.36. The average molecular weight is 308 g/mol. The molecule has 116 valence electrons. The average Bonchev–Trinajstić information content (AvgIpc) is 2.78. The number of aliphatic carboxylic acids is 1. The van der Waals surface area contributed by atoms with Crippen LogP contribution < -0.4 is 5.32 Å². The van der Waals surface area contributed by atoms with Gasteiger partial charge in [-0.3, -0.25) is 4.79 Å². The van der Waals surface area contributed by atoms with Gasteiger partial charge in [0.25, 0.3) is 0 Å². The minimum absolute atomic E-state index is 0.398. The Balaban J connectivity index is 1.74. The van der Waals surface area contributed by atoms with Crippen molar-refractivity contribution in [1.29, 1.82) is 0 Å². The van der Waals surface area contributed by atoms with Crippen molar-refractivity contribution in [3.8, 4) is 0 Å². The number of hydrogen-bond acceptors (Lipinski definition) is 4. The van der Waals surface area contributed by atoms with Crippen molar-refractivity contribution in [2.45, 2.75) is 64.3 Å². The number of aromatic nitrogens is 1. The van der Waals surface area contributed by atoms with E-state index < -0.39 is 11.9 Å². The molecule has 0 saturated heterocycles. The lowest BCUT2D eigenvalue weighted by atomic mass is 9.80. The fraction of sp³-hybridized carbons (Fsp3) is 0.750.